The average molecular weight is 359 g/mol. The number of nitrogens with zero attached hydrogens (tertiary/aromatic N) is 2. The van der Waals surface area contributed by atoms with Gasteiger partial charge in [0.15, 0.2) is 5.11 Å². The van der Waals surface area contributed by atoms with Crippen LogP contribution in [0.1, 0.15) is 35.4 Å². The minimum atomic E-state index is 0.269. The highest BCUT2D eigenvalue weighted by Crippen LogP contribution is 2.20. The third-order valence-corrected chi connectivity index (χ3v) is 4.80. The lowest BCUT2D eigenvalue weighted by molar-refractivity contribution is 0.114. The molecule has 3 rings (SSSR count). The number of nitrogens with one attached hydrogen (secondary N) is 2. The zero-order valence-corrected chi connectivity index (χ0v) is 15.9. The summed E-state index contributed by atoms with van der Waals surface area (Å²) in [7, 11) is 0. The molecule has 0 amide bonds. The van der Waals surface area contributed by atoms with Crippen LogP contribution < -0.4 is 10.6 Å². The Balaban J connectivity index is 1.63. The molecule has 1 atom stereocenters. The number of anilines is 1. The molecule has 1 unspecified atom stereocenters. The van der Waals surface area contributed by atoms with E-state index in [-0.39, 0.29) is 6.10 Å². The molecule has 1 fully saturated rings. The van der Waals surface area contributed by atoms with Gasteiger partial charge in [-0.15, -0.1) is 0 Å². The first-order valence-electron chi connectivity index (χ1n) is 8.79. The van der Waals surface area contributed by atoms with E-state index >= 15 is 0 Å². The van der Waals surface area contributed by atoms with Crippen molar-refractivity contribution >= 4 is 23.0 Å². The van der Waals surface area contributed by atoms with Gasteiger partial charge in [0.05, 0.1) is 29.7 Å². The molecule has 1 saturated heterocycles. The second kappa shape index (κ2) is 7.97. The molecule has 2 N–H and O–H groups in total. The van der Waals surface area contributed by atoms with Crippen molar-refractivity contribution in [3.05, 3.63) is 46.8 Å². The molecular formula is C19H26N4OS. The van der Waals surface area contributed by atoms with Crippen LogP contribution in [0.25, 0.3) is 0 Å². The lowest BCUT2D eigenvalue weighted by Gasteiger charge is -2.14. The molecule has 25 heavy (non-hydrogen) atoms. The van der Waals surface area contributed by atoms with E-state index in [1.54, 1.807) is 0 Å². The van der Waals surface area contributed by atoms with Crippen molar-refractivity contribution in [1.82, 2.24) is 15.1 Å². The van der Waals surface area contributed by atoms with Crippen molar-refractivity contribution in [1.29, 1.82) is 0 Å². The maximum absolute atomic E-state index is 5.61. The van der Waals surface area contributed by atoms with Crippen LogP contribution in [0, 0.1) is 20.8 Å². The van der Waals surface area contributed by atoms with Gasteiger partial charge in [-0.2, -0.15) is 5.10 Å². The summed E-state index contributed by atoms with van der Waals surface area (Å²) in [6.45, 7) is 8.55. The molecule has 1 aromatic carbocycles. The van der Waals surface area contributed by atoms with E-state index in [1.165, 1.54) is 11.1 Å². The molecule has 0 radical (unpaired) electrons. The lowest BCUT2D eigenvalue weighted by Crippen LogP contribution is -2.35. The Labute approximate surface area is 154 Å². The molecular weight excluding hydrogens is 332 g/mol. The molecule has 0 saturated carbocycles. The van der Waals surface area contributed by atoms with Gasteiger partial charge in [-0.05, 0) is 51.4 Å². The van der Waals surface area contributed by atoms with Gasteiger partial charge in [-0.25, -0.2) is 0 Å². The molecule has 0 spiro atoms. The number of rotatable bonds is 5. The van der Waals surface area contributed by atoms with Crippen LogP contribution in [0.2, 0.25) is 0 Å². The van der Waals surface area contributed by atoms with Crippen LogP contribution in [-0.2, 0) is 11.3 Å². The average Bonchev–Trinajstić information content (AvgIpc) is 3.17. The monoisotopic (exact) mass is 358 g/mol. The van der Waals surface area contributed by atoms with E-state index in [0.717, 1.165) is 49.6 Å². The maximum Gasteiger partial charge on any atom is 0.170 e. The molecule has 134 valence electrons. The number of benzene rings is 1. The first-order chi connectivity index (χ1) is 12.0. The summed E-state index contributed by atoms with van der Waals surface area (Å²) in [5.41, 5.74) is 5.53. The number of ether oxygens (including phenoxy) is 1. The molecule has 1 aliphatic heterocycles. The van der Waals surface area contributed by atoms with Crippen LogP contribution in [-0.4, -0.2) is 34.1 Å². The SMILES string of the molecule is Cc1cccc(Cn2nc(C)c(NC(=S)NCC3CCCO3)c2C)c1. The summed E-state index contributed by atoms with van der Waals surface area (Å²) in [5, 5.41) is 11.8. The van der Waals surface area contributed by atoms with E-state index < -0.39 is 0 Å². The lowest BCUT2D eigenvalue weighted by atomic mass is 10.1. The third-order valence-electron chi connectivity index (χ3n) is 4.55. The fourth-order valence-corrected chi connectivity index (χ4v) is 3.37. The molecule has 1 aliphatic rings. The molecule has 0 bridgehead atoms. The van der Waals surface area contributed by atoms with Gasteiger partial charge >= 0.3 is 0 Å². The zero-order valence-electron chi connectivity index (χ0n) is 15.1. The Kier molecular flexibility index (Phi) is 5.71. The van der Waals surface area contributed by atoms with Gasteiger partial charge in [0.2, 0.25) is 0 Å². The highest BCUT2D eigenvalue weighted by molar-refractivity contribution is 7.80. The topological polar surface area (TPSA) is 51.1 Å². The summed E-state index contributed by atoms with van der Waals surface area (Å²) >= 11 is 5.43. The summed E-state index contributed by atoms with van der Waals surface area (Å²) in [4.78, 5) is 0. The van der Waals surface area contributed by atoms with E-state index in [9.17, 15) is 0 Å². The van der Waals surface area contributed by atoms with Crippen molar-refractivity contribution in [2.24, 2.45) is 0 Å². The zero-order chi connectivity index (χ0) is 17.8. The number of hydrogen-bond acceptors (Lipinski definition) is 3. The Bertz CT molecular complexity index is 750. The number of thiocarbonyl (C=S) groups is 1. The van der Waals surface area contributed by atoms with Gasteiger partial charge in [-0.1, -0.05) is 29.8 Å². The van der Waals surface area contributed by atoms with Crippen LogP contribution in [0.3, 0.4) is 0 Å². The molecule has 1 aromatic heterocycles. The van der Waals surface area contributed by atoms with Crippen molar-refractivity contribution in [3.63, 3.8) is 0 Å². The second-order valence-corrected chi connectivity index (χ2v) is 7.07. The first kappa shape index (κ1) is 17.9. The van der Waals surface area contributed by atoms with Gasteiger partial charge < -0.3 is 15.4 Å². The van der Waals surface area contributed by atoms with Gasteiger partial charge in [0.1, 0.15) is 0 Å². The largest absolute Gasteiger partial charge is 0.376 e. The minimum absolute atomic E-state index is 0.269. The number of hydrogen-bond donors (Lipinski definition) is 2. The molecule has 2 aromatic rings. The highest BCUT2D eigenvalue weighted by Gasteiger charge is 2.17. The third kappa shape index (κ3) is 4.58. The van der Waals surface area contributed by atoms with Crippen LogP contribution >= 0.6 is 12.2 Å². The van der Waals surface area contributed by atoms with Crippen LogP contribution in [0.5, 0.6) is 0 Å². The van der Waals surface area contributed by atoms with E-state index in [2.05, 4.69) is 53.8 Å². The Hall–Kier alpha value is -1.92. The normalized spacial score (nSPS) is 16.8. The maximum atomic E-state index is 5.61. The van der Waals surface area contributed by atoms with E-state index in [4.69, 9.17) is 17.0 Å². The molecule has 6 heteroatoms. The second-order valence-electron chi connectivity index (χ2n) is 6.66. The van der Waals surface area contributed by atoms with Gasteiger partial charge in [0.25, 0.3) is 0 Å². The summed E-state index contributed by atoms with van der Waals surface area (Å²) in [6, 6.07) is 8.51. The molecule has 5 nitrogen and oxygen atoms in total. The van der Waals surface area contributed by atoms with Crippen molar-refractivity contribution in [2.45, 2.75) is 46.3 Å². The first-order valence-corrected chi connectivity index (χ1v) is 9.20. The quantitative estimate of drug-likeness (QED) is 0.803. The van der Waals surface area contributed by atoms with Crippen molar-refractivity contribution in [3.8, 4) is 0 Å². The van der Waals surface area contributed by atoms with Crippen molar-refractivity contribution in [2.75, 3.05) is 18.5 Å². The van der Waals surface area contributed by atoms with Crippen molar-refractivity contribution < 1.29 is 4.74 Å². The Morgan fingerprint density at radius 3 is 2.92 bits per heavy atom. The Morgan fingerprint density at radius 1 is 1.36 bits per heavy atom. The predicted molar refractivity (Wildman–Crippen MR) is 105 cm³/mol. The van der Waals surface area contributed by atoms with E-state index in [0.29, 0.717) is 5.11 Å². The highest BCUT2D eigenvalue weighted by atomic mass is 32.1. The fourth-order valence-electron chi connectivity index (χ4n) is 3.18. The summed E-state index contributed by atoms with van der Waals surface area (Å²) in [5.74, 6) is 0. The summed E-state index contributed by atoms with van der Waals surface area (Å²) in [6.07, 6.45) is 2.50. The van der Waals surface area contributed by atoms with E-state index in [1.807, 2.05) is 11.6 Å². The predicted octanol–water partition coefficient (Wildman–Crippen LogP) is 3.32. The van der Waals surface area contributed by atoms with Gasteiger partial charge in [-0.3, -0.25) is 4.68 Å². The Morgan fingerprint density at radius 2 is 2.20 bits per heavy atom. The minimum Gasteiger partial charge on any atom is -0.376 e. The number of aryl methyl sites for hydroxylation is 2. The molecule has 2 heterocycles. The fraction of sp³-hybridized carbons (Fsp3) is 0.474. The standard InChI is InChI=1S/C19H26N4OS/c1-13-6-4-7-16(10-13)12-23-15(3)18(14(2)22-23)21-19(25)20-11-17-8-5-9-24-17/h4,6-7,10,17H,5,8-9,11-12H2,1-3H3,(H2,20,21,25). The smallest absolute Gasteiger partial charge is 0.170 e. The van der Waals surface area contributed by atoms with Crippen LogP contribution in [0.15, 0.2) is 24.3 Å². The van der Waals surface area contributed by atoms with Crippen LogP contribution in [0.4, 0.5) is 5.69 Å². The molecule has 0 aliphatic carbocycles. The summed E-state index contributed by atoms with van der Waals surface area (Å²) < 4.78 is 7.64. The van der Waals surface area contributed by atoms with Gasteiger partial charge in [0, 0.05) is 13.2 Å². The number of aromatic nitrogens is 2.